The highest BCUT2D eigenvalue weighted by atomic mass is 79.9. The molecule has 0 spiro atoms. The maximum absolute atomic E-state index is 5.93. The highest BCUT2D eigenvalue weighted by Crippen LogP contribution is 2.34. The van der Waals surface area contributed by atoms with Crippen LogP contribution in [0.2, 0.25) is 0 Å². The van der Waals surface area contributed by atoms with Crippen LogP contribution in [0, 0.1) is 6.92 Å². The van der Waals surface area contributed by atoms with E-state index >= 15 is 0 Å². The van der Waals surface area contributed by atoms with Crippen molar-refractivity contribution in [2.75, 3.05) is 0 Å². The number of rotatable bonds is 4. The molecule has 0 radical (unpaired) electrons. The molecule has 106 valence electrons. The third-order valence-corrected chi connectivity index (χ3v) is 4.10. The molecule has 2 aromatic carbocycles. The van der Waals surface area contributed by atoms with Crippen LogP contribution >= 0.6 is 31.9 Å². The van der Waals surface area contributed by atoms with Gasteiger partial charge in [-0.1, -0.05) is 12.1 Å². The standard InChI is InChI=1S/C16H17Br2NO/c1-10-3-5-15(13(17)7-10)20-16-6-4-12(8-11(2)19)9-14(16)18/h3-7,9,11H,8,19H2,1-2H3. The zero-order valence-electron chi connectivity index (χ0n) is 11.5. The van der Waals surface area contributed by atoms with Gasteiger partial charge in [-0.2, -0.15) is 0 Å². The Labute approximate surface area is 136 Å². The van der Waals surface area contributed by atoms with Gasteiger partial charge in [-0.3, -0.25) is 0 Å². The summed E-state index contributed by atoms with van der Waals surface area (Å²) in [5, 5.41) is 0. The van der Waals surface area contributed by atoms with Crippen LogP contribution in [-0.4, -0.2) is 6.04 Å². The normalized spacial score (nSPS) is 12.2. The third-order valence-electron chi connectivity index (χ3n) is 2.86. The van der Waals surface area contributed by atoms with Crippen molar-refractivity contribution in [3.05, 3.63) is 56.5 Å². The number of nitrogens with two attached hydrogens (primary N) is 1. The Kier molecular flexibility index (Phi) is 5.24. The summed E-state index contributed by atoms with van der Waals surface area (Å²) in [6, 6.07) is 12.2. The summed E-state index contributed by atoms with van der Waals surface area (Å²) in [5.74, 6) is 1.60. The van der Waals surface area contributed by atoms with Crippen molar-refractivity contribution in [1.82, 2.24) is 0 Å². The molecular weight excluding hydrogens is 382 g/mol. The average molecular weight is 399 g/mol. The largest absolute Gasteiger partial charge is 0.455 e. The fourth-order valence-corrected chi connectivity index (χ4v) is 3.01. The quantitative estimate of drug-likeness (QED) is 0.767. The molecule has 2 N–H and O–H groups in total. The molecule has 0 aliphatic rings. The van der Waals surface area contributed by atoms with E-state index in [1.54, 1.807) is 0 Å². The fraction of sp³-hybridized carbons (Fsp3) is 0.250. The van der Waals surface area contributed by atoms with Crippen LogP contribution < -0.4 is 10.5 Å². The van der Waals surface area contributed by atoms with Gasteiger partial charge in [-0.05, 0) is 87.5 Å². The molecule has 1 unspecified atom stereocenters. The van der Waals surface area contributed by atoms with Gasteiger partial charge in [-0.15, -0.1) is 0 Å². The van der Waals surface area contributed by atoms with Crippen LogP contribution in [0.5, 0.6) is 11.5 Å². The molecule has 0 aliphatic heterocycles. The van der Waals surface area contributed by atoms with Crippen LogP contribution in [0.3, 0.4) is 0 Å². The van der Waals surface area contributed by atoms with E-state index in [9.17, 15) is 0 Å². The van der Waals surface area contributed by atoms with E-state index in [4.69, 9.17) is 10.5 Å². The van der Waals surface area contributed by atoms with Gasteiger partial charge in [0, 0.05) is 6.04 Å². The molecule has 0 amide bonds. The molecule has 0 saturated carbocycles. The summed E-state index contributed by atoms with van der Waals surface area (Å²) in [7, 11) is 0. The molecule has 0 heterocycles. The van der Waals surface area contributed by atoms with Crippen molar-refractivity contribution in [3.8, 4) is 11.5 Å². The smallest absolute Gasteiger partial charge is 0.141 e. The van der Waals surface area contributed by atoms with Crippen molar-refractivity contribution in [2.24, 2.45) is 5.73 Å². The Balaban J connectivity index is 2.21. The van der Waals surface area contributed by atoms with E-state index in [1.807, 2.05) is 44.2 Å². The van der Waals surface area contributed by atoms with E-state index < -0.39 is 0 Å². The van der Waals surface area contributed by atoms with Crippen molar-refractivity contribution in [3.63, 3.8) is 0 Å². The molecule has 4 heteroatoms. The molecule has 1 atom stereocenters. The lowest BCUT2D eigenvalue weighted by atomic mass is 10.1. The topological polar surface area (TPSA) is 35.2 Å². The molecule has 0 aromatic heterocycles. The second-order valence-electron chi connectivity index (χ2n) is 4.98. The summed E-state index contributed by atoms with van der Waals surface area (Å²) < 4.78 is 7.81. The van der Waals surface area contributed by atoms with Gasteiger partial charge >= 0.3 is 0 Å². The lowest BCUT2D eigenvalue weighted by Gasteiger charge is -2.12. The Morgan fingerprint density at radius 2 is 1.65 bits per heavy atom. The highest BCUT2D eigenvalue weighted by Gasteiger charge is 2.08. The minimum atomic E-state index is 0.153. The first-order chi connectivity index (χ1) is 9.45. The predicted octanol–water partition coefficient (Wildman–Crippen LogP) is 5.20. The minimum Gasteiger partial charge on any atom is -0.455 e. The van der Waals surface area contributed by atoms with Crippen LogP contribution in [0.1, 0.15) is 18.1 Å². The minimum absolute atomic E-state index is 0.153. The van der Waals surface area contributed by atoms with E-state index in [1.165, 1.54) is 11.1 Å². The fourth-order valence-electron chi connectivity index (χ4n) is 1.93. The SMILES string of the molecule is Cc1ccc(Oc2ccc(CC(C)N)cc2Br)c(Br)c1. The number of hydrogen-bond acceptors (Lipinski definition) is 2. The Bertz CT molecular complexity index is 611. The number of aryl methyl sites for hydroxylation is 1. The van der Waals surface area contributed by atoms with Gasteiger partial charge in [0.05, 0.1) is 8.95 Å². The van der Waals surface area contributed by atoms with Crippen molar-refractivity contribution in [1.29, 1.82) is 0 Å². The Morgan fingerprint density at radius 1 is 1.05 bits per heavy atom. The number of benzene rings is 2. The molecule has 0 aliphatic carbocycles. The van der Waals surface area contributed by atoms with Crippen LogP contribution in [-0.2, 0) is 6.42 Å². The second-order valence-corrected chi connectivity index (χ2v) is 6.69. The molecule has 2 aromatic rings. The highest BCUT2D eigenvalue weighted by molar-refractivity contribution is 9.11. The lowest BCUT2D eigenvalue weighted by Crippen LogP contribution is -2.17. The van der Waals surface area contributed by atoms with Gasteiger partial charge in [0.2, 0.25) is 0 Å². The molecule has 2 rings (SSSR count). The number of ether oxygens (including phenoxy) is 1. The lowest BCUT2D eigenvalue weighted by molar-refractivity contribution is 0.476. The van der Waals surface area contributed by atoms with Gasteiger partial charge in [0.15, 0.2) is 0 Å². The number of hydrogen-bond donors (Lipinski definition) is 1. The van der Waals surface area contributed by atoms with Crippen LogP contribution in [0.4, 0.5) is 0 Å². The molecular formula is C16H17Br2NO. The average Bonchev–Trinajstić information content (AvgIpc) is 2.34. The van der Waals surface area contributed by atoms with Gasteiger partial charge < -0.3 is 10.5 Å². The molecule has 0 bridgehead atoms. The van der Waals surface area contributed by atoms with E-state index in [2.05, 4.69) is 37.9 Å². The van der Waals surface area contributed by atoms with E-state index in [0.29, 0.717) is 0 Å². The van der Waals surface area contributed by atoms with Crippen LogP contribution in [0.25, 0.3) is 0 Å². The summed E-state index contributed by atoms with van der Waals surface area (Å²) >= 11 is 7.07. The zero-order valence-corrected chi connectivity index (χ0v) is 14.7. The second kappa shape index (κ2) is 6.74. The van der Waals surface area contributed by atoms with Gasteiger partial charge in [-0.25, -0.2) is 0 Å². The summed E-state index contributed by atoms with van der Waals surface area (Å²) in [6.45, 7) is 4.05. The van der Waals surface area contributed by atoms with Crippen molar-refractivity contribution in [2.45, 2.75) is 26.3 Å². The Morgan fingerprint density at radius 3 is 2.20 bits per heavy atom. The monoisotopic (exact) mass is 397 g/mol. The first-order valence-electron chi connectivity index (χ1n) is 6.43. The van der Waals surface area contributed by atoms with Gasteiger partial charge in [0.1, 0.15) is 11.5 Å². The van der Waals surface area contributed by atoms with E-state index in [0.717, 1.165) is 26.9 Å². The van der Waals surface area contributed by atoms with Gasteiger partial charge in [0.25, 0.3) is 0 Å². The molecule has 0 saturated heterocycles. The summed E-state index contributed by atoms with van der Waals surface area (Å²) in [4.78, 5) is 0. The maximum Gasteiger partial charge on any atom is 0.141 e. The maximum atomic E-state index is 5.93. The van der Waals surface area contributed by atoms with Crippen molar-refractivity contribution >= 4 is 31.9 Å². The molecule has 2 nitrogen and oxygen atoms in total. The van der Waals surface area contributed by atoms with Crippen LogP contribution in [0.15, 0.2) is 45.3 Å². The predicted molar refractivity (Wildman–Crippen MR) is 90.4 cm³/mol. The molecule has 0 fully saturated rings. The van der Waals surface area contributed by atoms with E-state index in [-0.39, 0.29) is 6.04 Å². The third kappa shape index (κ3) is 4.08. The summed E-state index contributed by atoms with van der Waals surface area (Å²) in [5.41, 5.74) is 8.20. The zero-order chi connectivity index (χ0) is 14.7. The Hall–Kier alpha value is -0.840. The summed E-state index contributed by atoms with van der Waals surface area (Å²) in [6.07, 6.45) is 0.854. The number of halogens is 2. The van der Waals surface area contributed by atoms with Crippen molar-refractivity contribution < 1.29 is 4.74 Å². The molecule has 20 heavy (non-hydrogen) atoms. The first kappa shape index (κ1) is 15.5. The first-order valence-corrected chi connectivity index (χ1v) is 8.02.